The van der Waals surface area contributed by atoms with Crippen molar-refractivity contribution in [3.05, 3.63) is 47.5 Å². The average molecular weight is 291 g/mol. The molecule has 1 aromatic carbocycles. The molecule has 0 amide bonds. The molecule has 0 saturated heterocycles. The van der Waals surface area contributed by atoms with E-state index in [9.17, 15) is 4.39 Å². The fourth-order valence-electron chi connectivity index (χ4n) is 1.89. The summed E-state index contributed by atoms with van der Waals surface area (Å²) in [6.45, 7) is 7.19. The molecule has 2 rings (SSSR count). The molecule has 114 valence electrons. The maximum atomic E-state index is 13.4. The Morgan fingerprint density at radius 2 is 2.10 bits per heavy atom. The summed E-state index contributed by atoms with van der Waals surface area (Å²) in [6, 6.07) is 4.60. The monoisotopic (exact) mass is 291 g/mol. The van der Waals surface area contributed by atoms with E-state index < -0.39 is 0 Å². The highest BCUT2D eigenvalue weighted by Gasteiger charge is 2.12. The molecule has 1 heterocycles. The second kappa shape index (κ2) is 6.26. The number of nitrogens with one attached hydrogen (secondary N) is 1. The number of halogens is 1. The summed E-state index contributed by atoms with van der Waals surface area (Å²) in [5.41, 5.74) is 1.76. The van der Waals surface area contributed by atoms with Crippen molar-refractivity contribution in [1.82, 2.24) is 15.1 Å². The summed E-state index contributed by atoms with van der Waals surface area (Å²) in [7, 11) is 1.86. The van der Waals surface area contributed by atoms with E-state index in [1.165, 1.54) is 12.1 Å². The van der Waals surface area contributed by atoms with Gasteiger partial charge in [-0.2, -0.15) is 5.10 Å². The van der Waals surface area contributed by atoms with Gasteiger partial charge in [0.25, 0.3) is 0 Å². The first-order valence-corrected chi connectivity index (χ1v) is 6.97. The van der Waals surface area contributed by atoms with Gasteiger partial charge in [-0.15, -0.1) is 0 Å². The van der Waals surface area contributed by atoms with Gasteiger partial charge in [0.2, 0.25) is 0 Å². The van der Waals surface area contributed by atoms with E-state index in [0.717, 1.165) is 11.1 Å². The second-order valence-electron chi connectivity index (χ2n) is 6.17. The predicted octanol–water partition coefficient (Wildman–Crippen LogP) is 3.03. The second-order valence-corrected chi connectivity index (χ2v) is 6.17. The number of hydrogen-bond donors (Lipinski definition) is 1. The summed E-state index contributed by atoms with van der Waals surface area (Å²) in [5, 5.41) is 7.44. The zero-order chi connectivity index (χ0) is 15.5. The Labute approximate surface area is 124 Å². The van der Waals surface area contributed by atoms with Gasteiger partial charge in [0.1, 0.15) is 18.2 Å². The van der Waals surface area contributed by atoms with Crippen LogP contribution in [-0.4, -0.2) is 15.3 Å². The van der Waals surface area contributed by atoms with Crippen LogP contribution in [0.5, 0.6) is 5.75 Å². The molecular weight excluding hydrogens is 269 g/mol. The summed E-state index contributed by atoms with van der Waals surface area (Å²) < 4.78 is 21.0. The van der Waals surface area contributed by atoms with Crippen molar-refractivity contribution in [1.29, 1.82) is 0 Å². The standard InChI is InChI=1S/C16H22FN3O/c1-16(2,3)18-9-13-7-14(17)5-6-15(13)21-11-12-8-19-20(4)10-12/h5-8,10,18H,9,11H2,1-4H3. The first-order chi connectivity index (χ1) is 9.83. The Balaban J connectivity index is 2.07. The molecular formula is C16H22FN3O. The zero-order valence-corrected chi connectivity index (χ0v) is 13.0. The zero-order valence-electron chi connectivity index (χ0n) is 13.0. The Hall–Kier alpha value is -1.88. The molecule has 0 fully saturated rings. The molecule has 21 heavy (non-hydrogen) atoms. The van der Waals surface area contributed by atoms with Crippen molar-refractivity contribution in [3.63, 3.8) is 0 Å². The van der Waals surface area contributed by atoms with Crippen LogP contribution in [0.1, 0.15) is 31.9 Å². The first kappa shape index (κ1) is 15.5. The minimum Gasteiger partial charge on any atom is -0.488 e. The average Bonchev–Trinajstić information content (AvgIpc) is 2.80. The van der Waals surface area contributed by atoms with Crippen molar-refractivity contribution in [2.24, 2.45) is 7.05 Å². The van der Waals surface area contributed by atoms with E-state index in [-0.39, 0.29) is 11.4 Å². The fraction of sp³-hybridized carbons (Fsp3) is 0.438. The Bertz CT molecular complexity index is 602. The van der Waals surface area contributed by atoms with Crippen LogP contribution in [0.25, 0.3) is 0 Å². The number of benzene rings is 1. The van der Waals surface area contributed by atoms with E-state index in [2.05, 4.69) is 31.2 Å². The normalized spacial score (nSPS) is 11.7. The predicted molar refractivity (Wildman–Crippen MR) is 80.5 cm³/mol. The van der Waals surface area contributed by atoms with Crippen LogP contribution in [0, 0.1) is 5.82 Å². The Morgan fingerprint density at radius 1 is 1.33 bits per heavy atom. The van der Waals surface area contributed by atoms with E-state index in [1.54, 1.807) is 16.9 Å². The van der Waals surface area contributed by atoms with E-state index in [4.69, 9.17) is 4.74 Å². The number of aromatic nitrogens is 2. The summed E-state index contributed by atoms with van der Waals surface area (Å²) >= 11 is 0. The van der Waals surface area contributed by atoms with Crippen molar-refractivity contribution < 1.29 is 9.13 Å². The molecule has 2 aromatic rings. The Morgan fingerprint density at radius 3 is 2.71 bits per heavy atom. The lowest BCUT2D eigenvalue weighted by molar-refractivity contribution is 0.299. The molecule has 0 aliphatic heterocycles. The third kappa shape index (κ3) is 4.86. The number of aryl methyl sites for hydroxylation is 1. The molecule has 0 radical (unpaired) electrons. The molecule has 1 N–H and O–H groups in total. The molecule has 1 aromatic heterocycles. The smallest absolute Gasteiger partial charge is 0.124 e. The van der Waals surface area contributed by atoms with Gasteiger partial charge in [0.15, 0.2) is 0 Å². The molecule has 0 unspecified atom stereocenters. The van der Waals surface area contributed by atoms with Crippen LogP contribution in [0.2, 0.25) is 0 Å². The maximum absolute atomic E-state index is 13.4. The van der Waals surface area contributed by atoms with Crippen LogP contribution in [0.4, 0.5) is 4.39 Å². The van der Waals surface area contributed by atoms with Gasteiger partial charge in [0.05, 0.1) is 6.20 Å². The SMILES string of the molecule is Cn1cc(COc2ccc(F)cc2CNC(C)(C)C)cn1. The summed E-state index contributed by atoms with van der Waals surface area (Å²) in [5.74, 6) is 0.437. The molecule has 5 heteroatoms. The van der Waals surface area contributed by atoms with E-state index >= 15 is 0 Å². The largest absolute Gasteiger partial charge is 0.488 e. The van der Waals surface area contributed by atoms with Gasteiger partial charge >= 0.3 is 0 Å². The molecule has 0 bridgehead atoms. The van der Waals surface area contributed by atoms with Crippen LogP contribution in [-0.2, 0) is 20.2 Å². The van der Waals surface area contributed by atoms with Gasteiger partial charge in [0, 0.05) is 36.5 Å². The number of rotatable bonds is 5. The van der Waals surface area contributed by atoms with Gasteiger partial charge in [-0.1, -0.05) is 0 Å². The summed E-state index contributed by atoms with van der Waals surface area (Å²) in [4.78, 5) is 0. The van der Waals surface area contributed by atoms with Crippen LogP contribution < -0.4 is 10.1 Å². The third-order valence-corrected chi connectivity index (χ3v) is 2.98. The molecule has 0 aliphatic carbocycles. The number of ether oxygens (including phenoxy) is 1. The molecule has 0 spiro atoms. The fourth-order valence-corrected chi connectivity index (χ4v) is 1.89. The van der Waals surface area contributed by atoms with E-state index in [0.29, 0.717) is 18.9 Å². The lowest BCUT2D eigenvalue weighted by Crippen LogP contribution is -2.35. The van der Waals surface area contributed by atoms with Crippen molar-refractivity contribution >= 4 is 0 Å². The van der Waals surface area contributed by atoms with Crippen LogP contribution in [0.3, 0.4) is 0 Å². The molecule has 4 nitrogen and oxygen atoms in total. The quantitative estimate of drug-likeness (QED) is 0.920. The lowest BCUT2D eigenvalue weighted by Gasteiger charge is -2.21. The lowest BCUT2D eigenvalue weighted by atomic mass is 10.1. The molecule has 0 aliphatic rings. The van der Waals surface area contributed by atoms with Crippen LogP contribution >= 0.6 is 0 Å². The van der Waals surface area contributed by atoms with Crippen molar-refractivity contribution in [2.75, 3.05) is 0 Å². The minimum absolute atomic E-state index is 0.0348. The molecule has 0 atom stereocenters. The minimum atomic E-state index is -0.255. The highest BCUT2D eigenvalue weighted by atomic mass is 19.1. The van der Waals surface area contributed by atoms with Crippen molar-refractivity contribution in [3.8, 4) is 5.75 Å². The number of nitrogens with zero attached hydrogens (tertiary/aromatic N) is 2. The maximum Gasteiger partial charge on any atom is 0.124 e. The first-order valence-electron chi connectivity index (χ1n) is 6.97. The highest BCUT2D eigenvalue weighted by Crippen LogP contribution is 2.21. The third-order valence-electron chi connectivity index (χ3n) is 2.98. The van der Waals surface area contributed by atoms with Gasteiger partial charge in [-0.3, -0.25) is 4.68 Å². The van der Waals surface area contributed by atoms with E-state index in [1.807, 2.05) is 13.2 Å². The molecule has 0 saturated carbocycles. The van der Waals surface area contributed by atoms with Crippen molar-refractivity contribution in [2.45, 2.75) is 39.5 Å². The topological polar surface area (TPSA) is 39.1 Å². The van der Waals surface area contributed by atoms with Crippen LogP contribution in [0.15, 0.2) is 30.6 Å². The highest BCUT2D eigenvalue weighted by molar-refractivity contribution is 5.34. The van der Waals surface area contributed by atoms with Gasteiger partial charge < -0.3 is 10.1 Å². The van der Waals surface area contributed by atoms with Gasteiger partial charge in [-0.25, -0.2) is 4.39 Å². The number of hydrogen-bond acceptors (Lipinski definition) is 3. The van der Waals surface area contributed by atoms with Gasteiger partial charge in [-0.05, 0) is 39.0 Å². The Kier molecular flexibility index (Phi) is 4.63. The summed E-state index contributed by atoms with van der Waals surface area (Å²) in [6.07, 6.45) is 3.66.